The van der Waals surface area contributed by atoms with Crippen molar-refractivity contribution in [2.24, 2.45) is 0 Å². The van der Waals surface area contributed by atoms with Crippen molar-refractivity contribution in [1.29, 1.82) is 0 Å². The highest BCUT2D eigenvalue weighted by Gasteiger charge is 2.39. The predicted molar refractivity (Wildman–Crippen MR) is 79.2 cm³/mol. The molecule has 1 aromatic rings. The molecular formula is C13H21N5O2. The fourth-order valence-electron chi connectivity index (χ4n) is 2.48. The van der Waals surface area contributed by atoms with Crippen LogP contribution < -0.4 is 10.6 Å². The van der Waals surface area contributed by atoms with Crippen LogP contribution in [0.25, 0.3) is 0 Å². The highest BCUT2D eigenvalue weighted by Crippen LogP contribution is 2.36. The van der Waals surface area contributed by atoms with Crippen LogP contribution in [0.4, 0.5) is 17.3 Å². The predicted octanol–water partition coefficient (Wildman–Crippen LogP) is 1.93. The molecule has 20 heavy (non-hydrogen) atoms. The number of pyridine rings is 1. The van der Waals surface area contributed by atoms with E-state index in [0.29, 0.717) is 18.2 Å². The lowest BCUT2D eigenvalue weighted by Gasteiger charge is -2.47. The van der Waals surface area contributed by atoms with Gasteiger partial charge in [0.2, 0.25) is 5.82 Å². The van der Waals surface area contributed by atoms with E-state index < -0.39 is 4.92 Å². The second kappa shape index (κ2) is 5.62. The topological polar surface area (TPSA) is 83.3 Å². The highest BCUT2D eigenvalue weighted by molar-refractivity contribution is 5.60. The molecule has 0 amide bonds. The van der Waals surface area contributed by atoms with Gasteiger partial charge in [0.15, 0.2) is 0 Å². The third-order valence-electron chi connectivity index (χ3n) is 4.14. The van der Waals surface area contributed by atoms with Gasteiger partial charge in [0.1, 0.15) is 5.82 Å². The van der Waals surface area contributed by atoms with Crippen LogP contribution in [0.15, 0.2) is 12.1 Å². The number of hydrogen-bond donors (Lipinski definition) is 2. The molecule has 0 saturated heterocycles. The number of aromatic nitrogens is 1. The van der Waals surface area contributed by atoms with Gasteiger partial charge >= 0.3 is 5.69 Å². The molecule has 0 aliphatic heterocycles. The Kier molecular flexibility index (Phi) is 4.08. The van der Waals surface area contributed by atoms with Gasteiger partial charge in [0.25, 0.3) is 0 Å². The van der Waals surface area contributed by atoms with E-state index in [0.717, 1.165) is 12.8 Å². The molecule has 7 heteroatoms. The monoisotopic (exact) mass is 279 g/mol. The summed E-state index contributed by atoms with van der Waals surface area (Å²) in [6, 6.07) is 3.08. The van der Waals surface area contributed by atoms with Gasteiger partial charge in [-0.05, 0) is 39.4 Å². The van der Waals surface area contributed by atoms with E-state index in [1.165, 1.54) is 12.5 Å². The zero-order valence-electron chi connectivity index (χ0n) is 12.1. The van der Waals surface area contributed by atoms with Crippen molar-refractivity contribution < 1.29 is 4.92 Å². The average molecular weight is 279 g/mol. The Labute approximate surface area is 118 Å². The summed E-state index contributed by atoms with van der Waals surface area (Å²) in [5.41, 5.74) is 0.0998. The smallest absolute Gasteiger partial charge is 0.311 e. The first-order valence-electron chi connectivity index (χ1n) is 6.73. The average Bonchev–Trinajstić information content (AvgIpc) is 2.36. The summed E-state index contributed by atoms with van der Waals surface area (Å²) in [5.74, 6) is 0.945. The van der Waals surface area contributed by atoms with Crippen LogP contribution >= 0.6 is 0 Å². The van der Waals surface area contributed by atoms with Crippen LogP contribution in [-0.4, -0.2) is 48.0 Å². The van der Waals surface area contributed by atoms with Gasteiger partial charge in [-0.25, -0.2) is 4.98 Å². The summed E-state index contributed by atoms with van der Waals surface area (Å²) < 4.78 is 0. The standard InChI is InChI=1S/C13H21N5O2/c1-14-11-6-5-10(18(19)20)12(16-11)15-9-13(17(2)3)7-4-8-13/h5-6H,4,7-9H2,1-3H3,(H2,14,15,16). The number of hydrogen-bond acceptors (Lipinski definition) is 6. The Bertz CT molecular complexity index is 500. The zero-order valence-corrected chi connectivity index (χ0v) is 12.1. The fraction of sp³-hybridized carbons (Fsp3) is 0.615. The Morgan fingerprint density at radius 3 is 2.60 bits per heavy atom. The normalized spacial score (nSPS) is 16.6. The fourth-order valence-corrected chi connectivity index (χ4v) is 2.48. The van der Waals surface area contributed by atoms with Gasteiger partial charge in [-0.2, -0.15) is 0 Å². The molecule has 0 spiro atoms. The minimum Gasteiger partial charge on any atom is -0.373 e. The number of nitro groups is 1. The Morgan fingerprint density at radius 1 is 1.45 bits per heavy atom. The third kappa shape index (κ3) is 2.67. The van der Waals surface area contributed by atoms with Gasteiger partial charge in [0.05, 0.1) is 4.92 Å². The third-order valence-corrected chi connectivity index (χ3v) is 4.14. The van der Waals surface area contributed by atoms with Crippen molar-refractivity contribution in [2.45, 2.75) is 24.8 Å². The first-order valence-corrected chi connectivity index (χ1v) is 6.73. The first-order chi connectivity index (χ1) is 9.48. The maximum atomic E-state index is 11.1. The van der Waals surface area contributed by atoms with Crippen LogP contribution in [-0.2, 0) is 0 Å². The molecule has 2 rings (SSSR count). The molecule has 0 aromatic carbocycles. The van der Waals surface area contributed by atoms with E-state index >= 15 is 0 Å². The molecule has 1 aliphatic rings. The van der Waals surface area contributed by atoms with Crippen LogP contribution in [0.1, 0.15) is 19.3 Å². The van der Waals surface area contributed by atoms with Crippen LogP contribution in [0.3, 0.4) is 0 Å². The maximum absolute atomic E-state index is 11.1. The van der Waals surface area contributed by atoms with Crippen molar-refractivity contribution in [2.75, 3.05) is 38.3 Å². The van der Waals surface area contributed by atoms with Crippen molar-refractivity contribution in [3.05, 3.63) is 22.2 Å². The van der Waals surface area contributed by atoms with E-state index in [1.54, 1.807) is 13.1 Å². The number of anilines is 2. The van der Waals surface area contributed by atoms with Gasteiger partial charge in [-0.1, -0.05) is 0 Å². The molecule has 1 aromatic heterocycles. The minimum atomic E-state index is -0.405. The Balaban J connectivity index is 2.17. The number of likely N-dealkylation sites (N-methyl/N-ethyl adjacent to an activating group) is 1. The van der Waals surface area contributed by atoms with E-state index in [9.17, 15) is 10.1 Å². The molecule has 0 unspecified atom stereocenters. The lowest BCUT2D eigenvalue weighted by molar-refractivity contribution is -0.384. The second-order valence-corrected chi connectivity index (χ2v) is 5.40. The van der Waals surface area contributed by atoms with E-state index in [-0.39, 0.29) is 11.2 Å². The molecule has 1 heterocycles. The van der Waals surface area contributed by atoms with Gasteiger partial charge in [-0.3, -0.25) is 10.1 Å². The molecule has 0 radical (unpaired) electrons. The summed E-state index contributed by atoms with van der Waals surface area (Å²) in [7, 11) is 5.84. The summed E-state index contributed by atoms with van der Waals surface area (Å²) in [6.07, 6.45) is 3.41. The molecule has 7 nitrogen and oxygen atoms in total. The summed E-state index contributed by atoms with van der Waals surface area (Å²) in [5, 5.41) is 17.1. The molecule has 110 valence electrons. The van der Waals surface area contributed by atoms with Crippen molar-refractivity contribution in [3.8, 4) is 0 Å². The largest absolute Gasteiger partial charge is 0.373 e. The summed E-state index contributed by atoms with van der Waals surface area (Å²) >= 11 is 0. The van der Waals surface area contributed by atoms with Crippen LogP contribution in [0.2, 0.25) is 0 Å². The molecule has 1 saturated carbocycles. The Hall–Kier alpha value is -1.89. The lowest BCUT2D eigenvalue weighted by Crippen LogP contribution is -2.54. The van der Waals surface area contributed by atoms with E-state index in [4.69, 9.17) is 0 Å². The van der Waals surface area contributed by atoms with Crippen molar-refractivity contribution in [3.63, 3.8) is 0 Å². The van der Waals surface area contributed by atoms with Gasteiger partial charge < -0.3 is 15.5 Å². The number of nitrogens with one attached hydrogen (secondary N) is 2. The first kappa shape index (κ1) is 14.5. The zero-order chi connectivity index (χ0) is 14.8. The van der Waals surface area contributed by atoms with Gasteiger partial charge in [-0.15, -0.1) is 0 Å². The van der Waals surface area contributed by atoms with E-state index in [2.05, 4.69) is 20.5 Å². The van der Waals surface area contributed by atoms with Crippen molar-refractivity contribution >= 4 is 17.3 Å². The summed E-state index contributed by atoms with van der Waals surface area (Å²) in [4.78, 5) is 17.1. The van der Waals surface area contributed by atoms with Crippen molar-refractivity contribution in [1.82, 2.24) is 9.88 Å². The van der Waals surface area contributed by atoms with Crippen LogP contribution in [0, 0.1) is 10.1 Å². The van der Waals surface area contributed by atoms with Gasteiger partial charge in [0, 0.05) is 25.2 Å². The number of nitrogens with zero attached hydrogens (tertiary/aromatic N) is 3. The SMILES string of the molecule is CNc1ccc([N+](=O)[O-])c(NCC2(N(C)C)CCC2)n1. The molecular weight excluding hydrogens is 258 g/mol. The maximum Gasteiger partial charge on any atom is 0.311 e. The molecule has 1 aliphatic carbocycles. The molecule has 0 bridgehead atoms. The second-order valence-electron chi connectivity index (χ2n) is 5.40. The summed E-state index contributed by atoms with van der Waals surface area (Å²) in [6.45, 7) is 0.668. The van der Waals surface area contributed by atoms with Crippen LogP contribution in [0.5, 0.6) is 0 Å². The molecule has 1 fully saturated rings. The lowest BCUT2D eigenvalue weighted by atomic mass is 9.75. The number of rotatable bonds is 6. The minimum absolute atomic E-state index is 0.0113. The molecule has 0 atom stereocenters. The van der Waals surface area contributed by atoms with E-state index in [1.807, 2.05) is 14.1 Å². The quantitative estimate of drug-likeness (QED) is 0.611. The molecule has 2 N–H and O–H groups in total. The Morgan fingerprint density at radius 2 is 2.15 bits per heavy atom. The highest BCUT2D eigenvalue weighted by atomic mass is 16.6.